The molecule has 1 aromatic carbocycles. The Hall–Kier alpha value is -0.900. The van der Waals surface area contributed by atoms with E-state index in [9.17, 15) is 8.42 Å². The molecule has 0 aliphatic rings. The fourth-order valence-corrected chi connectivity index (χ4v) is 3.16. The van der Waals surface area contributed by atoms with Gasteiger partial charge in [-0.2, -0.15) is 5.26 Å². The Labute approximate surface area is 116 Å². The van der Waals surface area contributed by atoms with Crippen molar-refractivity contribution in [1.82, 2.24) is 4.72 Å². The van der Waals surface area contributed by atoms with Gasteiger partial charge in [0.25, 0.3) is 0 Å². The minimum atomic E-state index is -3.60. The van der Waals surface area contributed by atoms with Crippen LogP contribution in [0.1, 0.15) is 31.9 Å². The standard InChI is InChI=1S/C12H15BrN2O2S/c1-3-12(8-14)18(16,17)15-9(2)10-4-6-11(13)7-5-10/h4-7,9,12,15H,3H2,1-2H3/t9-,12?/m0/s1. The molecule has 1 N–H and O–H groups in total. The Kier molecular flexibility index (Phi) is 5.32. The van der Waals surface area contributed by atoms with Crippen LogP contribution in [0, 0.1) is 11.3 Å². The average molecular weight is 331 g/mol. The summed E-state index contributed by atoms with van der Waals surface area (Å²) in [7, 11) is -3.60. The fraction of sp³-hybridized carbons (Fsp3) is 0.417. The largest absolute Gasteiger partial charge is 0.228 e. The molecule has 0 radical (unpaired) electrons. The van der Waals surface area contributed by atoms with Gasteiger partial charge in [0.1, 0.15) is 0 Å². The van der Waals surface area contributed by atoms with Crippen LogP contribution in [-0.2, 0) is 10.0 Å². The molecule has 18 heavy (non-hydrogen) atoms. The summed E-state index contributed by atoms with van der Waals surface area (Å²) >= 11 is 3.32. The molecular weight excluding hydrogens is 316 g/mol. The van der Waals surface area contributed by atoms with E-state index in [4.69, 9.17) is 5.26 Å². The molecule has 0 fully saturated rings. The number of hydrogen-bond donors (Lipinski definition) is 1. The third-order valence-corrected chi connectivity index (χ3v) is 5.00. The Morgan fingerprint density at radius 3 is 2.39 bits per heavy atom. The van der Waals surface area contributed by atoms with Crippen LogP contribution >= 0.6 is 15.9 Å². The summed E-state index contributed by atoms with van der Waals surface area (Å²) in [4.78, 5) is 0. The van der Waals surface area contributed by atoms with Crippen molar-refractivity contribution in [2.45, 2.75) is 31.6 Å². The van der Waals surface area contributed by atoms with Crippen LogP contribution in [0.15, 0.2) is 28.7 Å². The van der Waals surface area contributed by atoms with Crippen molar-refractivity contribution in [3.05, 3.63) is 34.3 Å². The molecule has 0 spiro atoms. The number of nitrogens with one attached hydrogen (secondary N) is 1. The molecule has 1 aromatic rings. The molecule has 0 amide bonds. The molecule has 0 heterocycles. The fourth-order valence-electron chi connectivity index (χ4n) is 1.53. The zero-order valence-electron chi connectivity index (χ0n) is 10.2. The van der Waals surface area contributed by atoms with E-state index in [1.165, 1.54) is 0 Å². The minimum Gasteiger partial charge on any atom is -0.211 e. The molecule has 0 aromatic heterocycles. The smallest absolute Gasteiger partial charge is 0.211 e. The van der Waals surface area contributed by atoms with Crippen LogP contribution in [0.5, 0.6) is 0 Å². The molecule has 2 atom stereocenters. The maximum absolute atomic E-state index is 11.9. The Bertz CT molecular complexity index is 534. The highest BCUT2D eigenvalue weighted by atomic mass is 79.9. The number of nitrogens with zero attached hydrogens (tertiary/aromatic N) is 1. The first-order valence-corrected chi connectivity index (χ1v) is 7.91. The van der Waals surface area contributed by atoms with Gasteiger partial charge in [-0.3, -0.25) is 0 Å². The molecule has 0 saturated carbocycles. The molecule has 6 heteroatoms. The molecule has 0 aliphatic carbocycles. The van der Waals surface area contributed by atoms with Crippen molar-refractivity contribution in [3.8, 4) is 6.07 Å². The SMILES string of the molecule is CCC(C#N)S(=O)(=O)N[C@@H](C)c1ccc(Br)cc1. The van der Waals surface area contributed by atoms with E-state index in [0.717, 1.165) is 10.0 Å². The van der Waals surface area contributed by atoms with E-state index < -0.39 is 15.3 Å². The second-order valence-electron chi connectivity index (χ2n) is 3.96. The van der Waals surface area contributed by atoms with E-state index in [2.05, 4.69) is 20.7 Å². The first-order chi connectivity index (χ1) is 8.40. The van der Waals surface area contributed by atoms with Crippen LogP contribution in [0.25, 0.3) is 0 Å². The second kappa shape index (κ2) is 6.32. The normalized spacial score (nSPS) is 14.8. The molecule has 0 aliphatic heterocycles. The number of hydrogen-bond acceptors (Lipinski definition) is 3. The highest BCUT2D eigenvalue weighted by Crippen LogP contribution is 2.18. The summed E-state index contributed by atoms with van der Waals surface area (Å²) in [6.45, 7) is 3.43. The van der Waals surface area contributed by atoms with Crippen molar-refractivity contribution in [3.63, 3.8) is 0 Å². The van der Waals surface area contributed by atoms with Crippen LogP contribution in [0.2, 0.25) is 0 Å². The van der Waals surface area contributed by atoms with Gasteiger partial charge in [-0.15, -0.1) is 0 Å². The average Bonchev–Trinajstić information content (AvgIpc) is 2.30. The van der Waals surface area contributed by atoms with Crippen molar-refractivity contribution in [2.75, 3.05) is 0 Å². The number of halogens is 1. The number of nitriles is 1. The third-order valence-electron chi connectivity index (χ3n) is 2.60. The summed E-state index contributed by atoms with van der Waals surface area (Å²) in [5, 5.41) is 7.80. The van der Waals surface area contributed by atoms with E-state index in [1.807, 2.05) is 24.3 Å². The quantitative estimate of drug-likeness (QED) is 0.902. The van der Waals surface area contributed by atoms with Gasteiger partial charge in [0.05, 0.1) is 6.07 Å². The van der Waals surface area contributed by atoms with Crippen LogP contribution in [0.3, 0.4) is 0 Å². The lowest BCUT2D eigenvalue weighted by atomic mass is 10.1. The van der Waals surface area contributed by atoms with E-state index in [-0.39, 0.29) is 12.5 Å². The summed E-state index contributed by atoms with van der Waals surface area (Å²) < 4.78 is 27.3. The molecule has 0 bridgehead atoms. The van der Waals surface area contributed by atoms with Gasteiger partial charge in [-0.05, 0) is 31.0 Å². The maximum Gasteiger partial charge on any atom is 0.228 e. The lowest BCUT2D eigenvalue weighted by Crippen LogP contribution is -2.34. The highest BCUT2D eigenvalue weighted by Gasteiger charge is 2.25. The van der Waals surface area contributed by atoms with Crippen molar-refractivity contribution >= 4 is 26.0 Å². The van der Waals surface area contributed by atoms with Crippen molar-refractivity contribution in [1.29, 1.82) is 5.26 Å². The molecule has 0 saturated heterocycles. The van der Waals surface area contributed by atoms with Gasteiger partial charge in [0, 0.05) is 10.5 Å². The van der Waals surface area contributed by atoms with Gasteiger partial charge in [0.15, 0.2) is 5.25 Å². The number of rotatable bonds is 5. The predicted molar refractivity (Wildman–Crippen MR) is 74.3 cm³/mol. The summed E-state index contributed by atoms with van der Waals surface area (Å²) in [5.41, 5.74) is 0.856. The first-order valence-electron chi connectivity index (χ1n) is 5.57. The Morgan fingerprint density at radius 2 is 1.94 bits per heavy atom. The first kappa shape index (κ1) is 15.2. The number of sulfonamides is 1. The highest BCUT2D eigenvalue weighted by molar-refractivity contribution is 9.10. The lowest BCUT2D eigenvalue weighted by Gasteiger charge is -2.16. The predicted octanol–water partition coefficient (Wildman–Crippen LogP) is 2.73. The van der Waals surface area contributed by atoms with Gasteiger partial charge < -0.3 is 0 Å². The molecule has 1 rings (SSSR count). The van der Waals surface area contributed by atoms with Crippen LogP contribution in [-0.4, -0.2) is 13.7 Å². The van der Waals surface area contributed by atoms with Gasteiger partial charge in [-0.25, -0.2) is 13.1 Å². The van der Waals surface area contributed by atoms with Gasteiger partial charge >= 0.3 is 0 Å². The third kappa shape index (κ3) is 3.80. The molecule has 4 nitrogen and oxygen atoms in total. The second-order valence-corrected chi connectivity index (χ2v) is 6.77. The van der Waals surface area contributed by atoms with Gasteiger partial charge in [-0.1, -0.05) is 35.0 Å². The van der Waals surface area contributed by atoms with Crippen LogP contribution in [0.4, 0.5) is 0 Å². The van der Waals surface area contributed by atoms with Gasteiger partial charge in [0.2, 0.25) is 10.0 Å². The van der Waals surface area contributed by atoms with E-state index in [1.54, 1.807) is 19.9 Å². The molecule has 98 valence electrons. The summed E-state index contributed by atoms with van der Waals surface area (Å²) in [6.07, 6.45) is 0.277. The van der Waals surface area contributed by atoms with E-state index >= 15 is 0 Å². The molecular formula is C12H15BrN2O2S. The lowest BCUT2D eigenvalue weighted by molar-refractivity contribution is 0.558. The summed E-state index contributed by atoms with van der Waals surface area (Å²) in [6, 6.07) is 8.82. The maximum atomic E-state index is 11.9. The van der Waals surface area contributed by atoms with Crippen molar-refractivity contribution < 1.29 is 8.42 Å². The minimum absolute atomic E-state index is 0.277. The monoisotopic (exact) mass is 330 g/mol. The molecule has 1 unspecified atom stereocenters. The summed E-state index contributed by atoms with van der Waals surface area (Å²) in [5.74, 6) is 0. The Morgan fingerprint density at radius 1 is 1.39 bits per heavy atom. The van der Waals surface area contributed by atoms with Crippen molar-refractivity contribution in [2.24, 2.45) is 0 Å². The number of benzene rings is 1. The Balaban J connectivity index is 2.85. The zero-order chi connectivity index (χ0) is 13.8. The van der Waals surface area contributed by atoms with E-state index in [0.29, 0.717) is 0 Å². The van der Waals surface area contributed by atoms with Crippen LogP contribution < -0.4 is 4.72 Å². The zero-order valence-corrected chi connectivity index (χ0v) is 12.6. The topological polar surface area (TPSA) is 70.0 Å².